The minimum absolute atomic E-state index is 0.0303. The summed E-state index contributed by atoms with van der Waals surface area (Å²) in [5, 5.41) is 81.7. The van der Waals surface area contributed by atoms with Crippen LogP contribution in [0, 0.1) is 21.4 Å². The standard InChI is InChI=1S/C32H39I6N7O13/c33-21-17(29(55)39-1-4-46)23(35)27(24(36)18(21)30(56)40-2-5-47)43-15(53)9-45(3-6-48)10-16(54)44-28-25(37)19(31(57)41-7-13(51)11-49)22(34)20(26(28)38)32(58)42-8-14(52)12-50/h13-14,46-52H,1-12H2,(H,39,55)(H,40,56)(H,41,57)(H,42,58)(H,43,53)(H,44,54). The van der Waals surface area contributed by atoms with Gasteiger partial charge >= 0.3 is 0 Å². The molecule has 2 rings (SSSR count). The number of hydrogen-bond acceptors (Lipinski definition) is 14. The van der Waals surface area contributed by atoms with Crippen LogP contribution in [0.1, 0.15) is 41.4 Å². The van der Waals surface area contributed by atoms with E-state index in [4.69, 9.17) is 0 Å². The molecule has 0 aromatic heterocycles. The highest BCUT2D eigenvalue weighted by Crippen LogP contribution is 2.37. The second kappa shape index (κ2) is 26.7. The van der Waals surface area contributed by atoms with Gasteiger partial charge in [-0.05, 0) is 136 Å². The first kappa shape index (κ1) is 53.5. The average molecular weight is 1490 g/mol. The molecule has 58 heavy (non-hydrogen) atoms. The number of nitrogens with zero attached hydrogens (tertiary/aromatic N) is 1. The largest absolute Gasteiger partial charge is 0.395 e. The zero-order valence-corrected chi connectivity index (χ0v) is 42.9. The number of anilines is 2. The van der Waals surface area contributed by atoms with Crippen molar-refractivity contribution in [1.82, 2.24) is 26.2 Å². The van der Waals surface area contributed by atoms with Gasteiger partial charge in [-0.15, -0.1) is 0 Å². The van der Waals surface area contributed by atoms with E-state index in [1.165, 1.54) is 4.90 Å². The molecule has 2 aromatic carbocycles. The molecular formula is C32H39I6N7O13. The molecule has 0 aliphatic carbocycles. The molecule has 0 bridgehead atoms. The van der Waals surface area contributed by atoms with Crippen molar-refractivity contribution in [2.45, 2.75) is 12.2 Å². The summed E-state index contributed by atoms with van der Waals surface area (Å²) in [6, 6.07) is 0. The summed E-state index contributed by atoms with van der Waals surface area (Å²) in [6.45, 7) is -4.46. The van der Waals surface area contributed by atoms with Crippen molar-refractivity contribution in [2.75, 3.05) is 89.5 Å². The number of rotatable bonds is 22. The van der Waals surface area contributed by atoms with E-state index in [1.54, 1.807) is 67.8 Å². The number of carbonyl (C=O) groups excluding carboxylic acids is 6. The summed E-state index contributed by atoms with van der Waals surface area (Å²) < 4.78 is 1.31. The van der Waals surface area contributed by atoms with Crippen LogP contribution in [0.5, 0.6) is 0 Å². The predicted octanol–water partition coefficient (Wildman–Crippen LogP) is -1.20. The summed E-state index contributed by atoms with van der Waals surface area (Å²) >= 11 is 10.9. The lowest BCUT2D eigenvalue weighted by Crippen LogP contribution is -2.41. The van der Waals surface area contributed by atoms with Gasteiger partial charge in [0.1, 0.15) is 0 Å². The Morgan fingerprint density at radius 2 is 0.793 bits per heavy atom. The Hall–Kier alpha value is -0.680. The van der Waals surface area contributed by atoms with E-state index in [0.717, 1.165) is 0 Å². The van der Waals surface area contributed by atoms with Gasteiger partial charge in [0.05, 0.1) is 106 Å². The van der Waals surface area contributed by atoms with Gasteiger partial charge in [-0.25, -0.2) is 0 Å². The average Bonchev–Trinajstić information content (AvgIpc) is 3.17. The van der Waals surface area contributed by atoms with Crippen LogP contribution in [-0.2, 0) is 9.59 Å². The normalized spacial score (nSPS) is 12.1. The van der Waals surface area contributed by atoms with Gasteiger partial charge in [-0.1, -0.05) is 0 Å². The third kappa shape index (κ3) is 15.0. The molecule has 0 saturated carbocycles. The van der Waals surface area contributed by atoms with Crippen LogP contribution in [0.25, 0.3) is 0 Å². The molecule has 0 saturated heterocycles. The van der Waals surface area contributed by atoms with E-state index >= 15 is 0 Å². The zero-order chi connectivity index (χ0) is 43.9. The summed E-state index contributed by atoms with van der Waals surface area (Å²) in [5.74, 6) is -4.19. The number of amides is 6. The number of halogens is 6. The molecule has 0 heterocycles. The van der Waals surface area contributed by atoms with E-state index < -0.39 is 80.6 Å². The predicted molar refractivity (Wildman–Crippen MR) is 260 cm³/mol. The minimum atomic E-state index is -1.28. The van der Waals surface area contributed by atoms with Crippen LogP contribution < -0.4 is 31.9 Å². The van der Waals surface area contributed by atoms with Crippen molar-refractivity contribution >= 4 is 182 Å². The number of aliphatic hydroxyl groups excluding tert-OH is 7. The Morgan fingerprint density at radius 1 is 0.483 bits per heavy atom. The van der Waals surface area contributed by atoms with Crippen LogP contribution in [0.15, 0.2) is 0 Å². The third-order valence-electron chi connectivity index (χ3n) is 7.43. The van der Waals surface area contributed by atoms with Gasteiger partial charge in [0.25, 0.3) is 23.6 Å². The van der Waals surface area contributed by atoms with Crippen molar-refractivity contribution in [3.8, 4) is 0 Å². The first-order valence-corrected chi connectivity index (χ1v) is 23.1. The fraction of sp³-hybridized carbons (Fsp3) is 0.438. The van der Waals surface area contributed by atoms with Crippen molar-refractivity contribution in [1.29, 1.82) is 0 Å². The molecule has 6 amide bonds. The Balaban J connectivity index is 2.51. The van der Waals surface area contributed by atoms with E-state index in [-0.39, 0.29) is 101 Å². The maximum absolute atomic E-state index is 13.6. The number of benzene rings is 2. The molecule has 26 heteroatoms. The molecule has 0 aliphatic rings. The van der Waals surface area contributed by atoms with E-state index in [1.807, 2.05) is 67.8 Å². The van der Waals surface area contributed by atoms with Gasteiger partial charge in [-0.3, -0.25) is 33.7 Å². The van der Waals surface area contributed by atoms with Crippen molar-refractivity contribution in [3.05, 3.63) is 43.7 Å². The smallest absolute Gasteiger partial charge is 0.253 e. The Kier molecular flexibility index (Phi) is 24.6. The molecule has 20 nitrogen and oxygen atoms in total. The Labute approximate surface area is 413 Å². The van der Waals surface area contributed by atoms with E-state index in [0.29, 0.717) is 0 Å². The van der Waals surface area contributed by atoms with E-state index in [9.17, 15) is 64.5 Å². The zero-order valence-electron chi connectivity index (χ0n) is 29.9. The molecule has 0 radical (unpaired) electrons. The Bertz CT molecular complexity index is 1760. The second-order valence-electron chi connectivity index (χ2n) is 11.7. The lowest BCUT2D eigenvalue weighted by molar-refractivity contribution is -0.120. The molecule has 2 atom stereocenters. The highest BCUT2D eigenvalue weighted by atomic mass is 127. The van der Waals surface area contributed by atoms with Crippen molar-refractivity contribution in [2.24, 2.45) is 0 Å². The molecule has 322 valence electrons. The van der Waals surface area contributed by atoms with Crippen LogP contribution in [-0.4, -0.2) is 167 Å². The van der Waals surface area contributed by atoms with Crippen molar-refractivity contribution < 1.29 is 64.5 Å². The van der Waals surface area contributed by atoms with Crippen LogP contribution in [0.2, 0.25) is 0 Å². The van der Waals surface area contributed by atoms with Gasteiger partial charge in [0, 0.05) is 39.9 Å². The highest BCUT2D eigenvalue weighted by Gasteiger charge is 2.31. The van der Waals surface area contributed by atoms with Crippen LogP contribution in [0.4, 0.5) is 11.4 Å². The van der Waals surface area contributed by atoms with Crippen LogP contribution >= 0.6 is 136 Å². The first-order chi connectivity index (χ1) is 27.4. The molecule has 0 fully saturated rings. The quantitative estimate of drug-likeness (QED) is 0.0617. The Morgan fingerprint density at radius 3 is 1.07 bits per heavy atom. The topological polar surface area (TPSA) is 319 Å². The molecule has 0 aliphatic heterocycles. The summed E-state index contributed by atoms with van der Waals surface area (Å²) in [7, 11) is 0. The van der Waals surface area contributed by atoms with Gasteiger partial charge in [-0.2, -0.15) is 0 Å². The lowest BCUT2D eigenvalue weighted by atomic mass is 10.1. The minimum Gasteiger partial charge on any atom is -0.395 e. The first-order valence-electron chi connectivity index (χ1n) is 16.7. The van der Waals surface area contributed by atoms with E-state index in [2.05, 4.69) is 31.9 Å². The van der Waals surface area contributed by atoms with Crippen molar-refractivity contribution in [3.63, 3.8) is 0 Å². The number of carbonyl (C=O) groups is 6. The monoisotopic (exact) mass is 1490 g/mol. The SMILES string of the molecule is O=C(CN(CCO)CC(=O)Nc1c(I)c(C(=O)NCC(O)CO)c(I)c(C(=O)NCC(O)CO)c1I)Nc1c(I)c(C(=O)NCCO)c(I)c(C(=O)NCCO)c1I. The summed E-state index contributed by atoms with van der Waals surface area (Å²) in [5.41, 5.74) is 0.101. The maximum Gasteiger partial charge on any atom is 0.253 e. The summed E-state index contributed by atoms with van der Waals surface area (Å²) in [4.78, 5) is 81.6. The second-order valence-corrected chi connectivity index (χ2v) is 18.2. The number of aliphatic hydroxyl groups is 7. The van der Waals surface area contributed by atoms with Gasteiger partial charge in [0.15, 0.2) is 0 Å². The fourth-order valence-electron chi connectivity index (χ4n) is 4.71. The van der Waals surface area contributed by atoms with Gasteiger partial charge in [0.2, 0.25) is 11.8 Å². The number of hydrogen-bond donors (Lipinski definition) is 13. The molecule has 0 spiro atoms. The fourth-order valence-corrected chi connectivity index (χ4v) is 13.5. The molecule has 2 aromatic rings. The lowest BCUT2D eigenvalue weighted by Gasteiger charge is -2.23. The van der Waals surface area contributed by atoms with Gasteiger partial charge < -0.3 is 67.6 Å². The number of nitrogens with one attached hydrogen (secondary N) is 6. The van der Waals surface area contributed by atoms with Crippen LogP contribution in [0.3, 0.4) is 0 Å². The molecule has 13 N–H and O–H groups in total. The maximum atomic E-state index is 13.6. The third-order valence-corrected chi connectivity index (χ3v) is 13.9. The summed E-state index contributed by atoms with van der Waals surface area (Å²) in [6.07, 6.45) is -2.57. The highest BCUT2D eigenvalue weighted by molar-refractivity contribution is 14.1. The molecular weight excluding hydrogens is 1450 g/mol. The molecule has 2 unspecified atom stereocenters.